The van der Waals surface area contributed by atoms with Crippen molar-refractivity contribution >= 4 is 0 Å². The minimum absolute atomic E-state index is 0.109. The van der Waals surface area contributed by atoms with Crippen LogP contribution in [-0.2, 0) is 87.6 Å². The van der Waals surface area contributed by atoms with Crippen molar-refractivity contribution in [3.63, 3.8) is 0 Å². The summed E-state index contributed by atoms with van der Waals surface area (Å²) in [7, 11) is 1.53. The number of aromatic nitrogens is 12. The quantitative estimate of drug-likeness (QED) is 0.00939. The number of nitrogens with zero attached hydrogens (tertiary/aromatic N) is 24. The normalized spacial score (nSPS) is 21.4. The average molecular weight is 2100 g/mol. The fourth-order valence-electron chi connectivity index (χ4n) is 16.6. The highest BCUT2D eigenvalue weighted by atomic mass is 16.6. The van der Waals surface area contributed by atoms with Gasteiger partial charge in [-0.1, -0.05) is 101 Å². The molecule has 12 heterocycles. The summed E-state index contributed by atoms with van der Waals surface area (Å²) >= 11 is 0. The number of azide groups is 4. The highest BCUT2D eigenvalue weighted by Crippen LogP contribution is 2.35. The van der Waals surface area contributed by atoms with Gasteiger partial charge in [-0.05, 0) is 215 Å². The van der Waals surface area contributed by atoms with E-state index in [-0.39, 0.29) is 99.5 Å². The van der Waals surface area contributed by atoms with Gasteiger partial charge in [-0.2, -0.15) is 0 Å². The van der Waals surface area contributed by atoms with E-state index in [2.05, 4.69) is 60.9 Å². The van der Waals surface area contributed by atoms with Crippen LogP contribution in [0.4, 0.5) is 0 Å². The predicted octanol–water partition coefficient (Wildman–Crippen LogP) is 13.0. The first-order valence-electron chi connectivity index (χ1n) is 50.8. The summed E-state index contributed by atoms with van der Waals surface area (Å²) in [4.78, 5) is 161. The number of aliphatic hydroxyl groups excluding tert-OH is 1. The van der Waals surface area contributed by atoms with Crippen LogP contribution in [-0.4, -0.2) is 187 Å². The molecule has 828 valence electrons. The van der Waals surface area contributed by atoms with Crippen LogP contribution in [0.15, 0.2) is 163 Å². The Balaban J connectivity index is 0.000000243. The molecule has 2 saturated heterocycles. The molecular formula is C101H154N24O25. The molecule has 3 unspecified atom stereocenters. The maximum atomic E-state index is 12.8. The van der Waals surface area contributed by atoms with Gasteiger partial charge in [0, 0.05) is 178 Å². The molecule has 0 aromatic carbocycles. The lowest BCUT2D eigenvalue weighted by atomic mass is 10.1. The summed E-state index contributed by atoms with van der Waals surface area (Å²) in [5.41, 5.74) is 32.5. The van der Waals surface area contributed by atoms with Crippen LogP contribution in [0, 0.1) is 53.4 Å². The van der Waals surface area contributed by atoms with Gasteiger partial charge in [0.25, 0.3) is 33.4 Å². The van der Waals surface area contributed by atoms with Crippen molar-refractivity contribution in [1.82, 2.24) is 54.8 Å². The van der Waals surface area contributed by atoms with E-state index in [1.54, 1.807) is 108 Å². The highest BCUT2D eigenvalue weighted by Gasteiger charge is 2.41. The van der Waals surface area contributed by atoms with E-state index in [0.717, 1.165) is 36.7 Å². The molecule has 0 aliphatic carbocycles. The lowest BCUT2D eigenvalue weighted by molar-refractivity contribution is -0.192. The third-order valence-corrected chi connectivity index (χ3v) is 23.8. The molecule has 150 heavy (non-hydrogen) atoms. The molecule has 6 aliphatic rings. The Kier molecular flexibility index (Phi) is 47.6. The van der Waals surface area contributed by atoms with Crippen LogP contribution in [0.3, 0.4) is 0 Å². The lowest BCUT2D eigenvalue weighted by Crippen LogP contribution is -2.49. The number of methoxy groups -OCH3 is 1. The molecule has 15 atom stereocenters. The van der Waals surface area contributed by atoms with Crippen LogP contribution in [0.2, 0.25) is 0 Å². The number of ether oxygens (including phenoxy) is 12. The summed E-state index contributed by atoms with van der Waals surface area (Å²) in [5, 5.41) is 24.9. The molecule has 49 heteroatoms. The second kappa shape index (κ2) is 57.3. The van der Waals surface area contributed by atoms with E-state index in [4.69, 9.17) is 79.0 Å². The van der Waals surface area contributed by atoms with Gasteiger partial charge < -0.3 is 61.9 Å². The minimum Gasteiger partial charge on any atom is -0.382 e. The van der Waals surface area contributed by atoms with Crippen molar-refractivity contribution in [2.75, 3.05) is 60.0 Å². The largest absolute Gasteiger partial charge is 0.382 e. The van der Waals surface area contributed by atoms with Crippen LogP contribution in [0.25, 0.3) is 41.8 Å². The second-order valence-electron chi connectivity index (χ2n) is 41.6. The molecule has 0 spiro atoms. The first-order chi connectivity index (χ1) is 70.6. The van der Waals surface area contributed by atoms with E-state index >= 15 is 0 Å². The Hall–Kier alpha value is -12.2. The van der Waals surface area contributed by atoms with Gasteiger partial charge in [-0.25, -0.2) is 28.8 Å². The van der Waals surface area contributed by atoms with Gasteiger partial charge in [0.1, 0.15) is 36.9 Å². The smallest absolute Gasteiger partial charge is 0.333 e. The second-order valence-corrected chi connectivity index (χ2v) is 41.6. The summed E-state index contributed by atoms with van der Waals surface area (Å²) in [6, 6.07) is -1.18. The minimum atomic E-state index is -1.37. The molecule has 2 fully saturated rings. The fourth-order valence-corrected chi connectivity index (χ4v) is 16.6. The monoisotopic (exact) mass is 2100 g/mol. The van der Waals surface area contributed by atoms with E-state index in [1.165, 1.54) is 88.2 Å². The summed E-state index contributed by atoms with van der Waals surface area (Å²) < 4.78 is 83.7. The Labute approximate surface area is 869 Å². The maximum absolute atomic E-state index is 12.8. The van der Waals surface area contributed by atoms with E-state index in [0.29, 0.717) is 124 Å². The fraction of sp³-hybridized carbons (Fsp3) is 0.683. The first-order valence-corrected chi connectivity index (χ1v) is 50.8. The zero-order chi connectivity index (χ0) is 112. The van der Waals surface area contributed by atoms with Crippen molar-refractivity contribution in [3.05, 3.63) is 285 Å². The average Bonchev–Trinajstić information content (AvgIpc) is 1.15. The topological polar surface area (TPSA) is 590 Å². The number of unbranched alkanes of at least 4 members (excludes halogenated alkanes) is 2. The van der Waals surface area contributed by atoms with Crippen molar-refractivity contribution in [1.29, 1.82) is 0 Å². The van der Waals surface area contributed by atoms with Crippen molar-refractivity contribution in [2.45, 2.75) is 379 Å². The highest BCUT2D eigenvalue weighted by molar-refractivity contribution is 5.20. The summed E-state index contributed by atoms with van der Waals surface area (Å²) in [6.07, 6.45) is 17.0. The summed E-state index contributed by atoms with van der Waals surface area (Å²) in [5.74, 6) is 0.680. The number of aliphatic hydroxyl groups is 1. The molecule has 0 amide bonds. The molecule has 6 aromatic rings. The van der Waals surface area contributed by atoms with Gasteiger partial charge >= 0.3 is 34.1 Å². The van der Waals surface area contributed by atoms with Gasteiger partial charge in [0.05, 0.1) is 69.0 Å². The Morgan fingerprint density at radius 3 is 1.32 bits per heavy atom. The van der Waals surface area contributed by atoms with Crippen LogP contribution in [0.5, 0.6) is 0 Å². The first kappa shape index (κ1) is 125. The Bertz CT molecular complexity index is 6710. The molecular weight excluding hydrogens is 1950 g/mol. The number of rotatable bonds is 38. The van der Waals surface area contributed by atoms with E-state index < -0.39 is 114 Å². The van der Waals surface area contributed by atoms with Crippen molar-refractivity contribution in [3.8, 4) is 0 Å². The van der Waals surface area contributed by atoms with Crippen molar-refractivity contribution < 1.29 is 61.9 Å². The van der Waals surface area contributed by atoms with Gasteiger partial charge in [-0.3, -0.25) is 83.6 Å². The lowest BCUT2D eigenvalue weighted by Gasteiger charge is -2.25. The third kappa shape index (κ3) is 33.6. The molecule has 1 N–H and O–H groups in total. The Morgan fingerprint density at radius 2 is 0.853 bits per heavy atom. The van der Waals surface area contributed by atoms with Gasteiger partial charge in [0.15, 0.2) is 31.2 Å². The van der Waals surface area contributed by atoms with Gasteiger partial charge in [0.2, 0.25) is 0 Å². The van der Waals surface area contributed by atoms with Crippen LogP contribution < -0.4 is 67.5 Å². The third-order valence-electron chi connectivity index (χ3n) is 23.8. The molecule has 0 saturated carbocycles. The Morgan fingerprint density at radius 1 is 0.427 bits per heavy atom. The zero-order valence-corrected chi connectivity index (χ0v) is 91.8. The summed E-state index contributed by atoms with van der Waals surface area (Å²) in [6.45, 7) is 54.6. The molecule has 12 rings (SSSR count). The number of aryl methyl sites for hydroxylation is 6. The number of hydrogen-bond acceptors (Lipinski definition) is 29. The molecule has 0 bridgehead atoms. The van der Waals surface area contributed by atoms with Crippen LogP contribution in [0.1, 0.15) is 274 Å². The molecule has 49 nitrogen and oxygen atoms in total. The van der Waals surface area contributed by atoms with Gasteiger partial charge in [-0.15, -0.1) is 0 Å². The standard InChI is InChI=1S/C18H29N5O4.2C18H28N2O4.C16H23N5O5.C16H23N5O4.C15H23N5O4/c1-4-6-8-22-17(24)13(3)11-23(18(22)25)16-10-14(20-21-19)15(27-16)12-26-9-7-5-2;1-12-10-19(16(22)20(15(12)21)17(2,3)4)14-9-8-13(24-14)11-23-18(5,6)7;1-12(2)8-20-17(21)14(5)9-19(18(20)22)16-7-6-15(24-16)11-23-10-13(3)4;1-8(2)21-14(22)10(5)7-20(16(21)24)12-6-11(18-19-17)13(26-12)15(23)25-9(3)4;1-4-6-20-15(22)11(3)9-21(16(20)23)14-8-12(18-19-17)13(25-14)10-24-7-5-2;1-9-7-19(14(22)20(13(9)21)15(2,3)4)12-6-10(17-18-16)11(24-12)8-23-5/h11,14-16H,4-10,12H2,1-3H3;8-10,13-14H,11H2,1-7H3;6-7,9,12-13,15-16H,8,10-11H2,1-5H3;6-9,12-13,15,23H,1-5H3;8-9,13-14H,4-7,10H2,1-3H3;7,10-12H,6,8H2,1-5H3/t14?,15-,16-;13-,14+;15-,16+;12-,13+,15?;13-,14-;10?,11-,12-/m100111/s1. The zero-order valence-electron chi connectivity index (χ0n) is 91.8. The molecule has 6 aromatic heterocycles. The van der Waals surface area contributed by atoms with Crippen LogP contribution >= 0.6 is 0 Å². The predicted molar refractivity (Wildman–Crippen MR) is 562 cm³/mol. The SMILES string of the molecule is CCCCOC[C@H]1O[C@@H](n2cc(C)c(=O)n(CCCC)c2=O)CC1N=[N+]=[N-].CCCOC[C@H]1O[C@@H](n2cc(C)c(=O)n(CCC)c2=O)C=C1N=[N+]=[N-].COC[C@H]1O[C@@H](n2cc(C)c(=O)n(C(C)(C)C)c2=O)CC1N=[N+]=[N-].Cc1cn([C@H]2C=C(N=[N+]=[N-])[C@@H](C(O)OC(C)C)O2)c(=O)n(C(C)C)c1=O.Cc1cn([C@H]2C=C[C@@H](COC(C)(C)C)O2)c(=O)n(C(C)(C)C)c1=O.Cc1cn([C@H]2C=C[C@@H](COCC(C)C)O2)c(=O)n(CC(C)C)c1=O. The van der Waals surface area contributed by atoms with E-state index in [1.807, 2.05) is 100 Å². The van der Waals surface area contributed by atoms with Crippen molar-refractivity contribution in [2.24, 2.45) is 32.3 Å². The molecule has 6 aliphatic heterocycles. The molecule has 0 radical (unpaired) electrons. The maximum Gasteiger partial charge on any atom is 0.333 e. The number of hydrogen-bond donors (Lipinski definition) is 1. The van der Waals surface area contributed by atoms with E-state index in [9.17, 15) is 62.6 Å².